The number of rotatable bonds is 3. The van der Waals surface area contributed by atoms with Crippen LogP contribution in [-0.4, -0.2) is 39.2 Å². The molecule has 0 aromatic carbocycles. The van der Waals surface area contributed by atoms with Crippen molar-refractivity contribution in [3.05, 3.63) is 11.3 Å². The molecule has 1 saturated carbocycles. The van der Waals surface area contributed by atoms with Crippen LogP contribution in [0.2, 0.25) is 0 Å². The third-order valence-corrected chi connectivity index (χ3v) is 4.00. The monoisotopic (exact) mass is 207 g/mol. The van der Waals surface area contributed by atoms with Crippen LogP contribution < -0.4 is 9.87 Å². The summed E-state index contributed by atoms with van der Waals surface area (Å²) in [5.74, 6) is 0.746. The van der Waals surface area contributed by atoms with E-state index in [9.17, 15) is 0 Å². The first-order valence-corrected chi connectivity index (χ1v) is 6.38. The van der Waals surface area contributed by atoms with Gasteiger partial charge in [-0.2, -0.15) is 5.10 Å². The van der Waals surface area contributed by atoms with E-state index < -0.39 is 0 Å². The number of nitrogens with zero attached hydrogens (tertiary/aromatic N) is 2. The van der Waals surface area contributed by atoms with E-state index >= 15 is 0 Å². The first kappa shape index (κ1) is 10.2. The second kappa shape index (κ2) is 3.69. The van der Waals surface area contributed by atoms with Gasteiger partial charge >= 0.3 is 0 Å². The van der Waals surface area contributed by atoms with Crippen LogP contribution in [0.1, 0.15) is 30.5 Å². The van der Waals surface area contributed by atoms with E-state index in [0.717, 1.165) is 28.6 Å². The normalized spacial score (nSPS) is 25.4. The average Bonchev–Trinajstić information content (AvgIpc) is 2.86. The topological polar surface area (TPSA) is 29.9 Å². The molecule has 2 unspecified atom stereocenters. The molecule has 1 heterocycles. The van der Waals surface area contributed by atoms with Gasteiger partial charge in [0.25, 0.3) is 16.3 Å². The van der Waals surface area contributed by atoms with Crippen molar-refractivity contribution in [2.75, 3.05) is 7.05 Å². The third-order valence-electron chi connectivity index (χ3n) is 3.26. The number of aromatic nitrogens is 2. The van der Waals surface area contributed by atoms with Crippen LogP contribution in [0.3, 0.4) is 0 Å². The molecule has 0 amide bonds. The molecule has 0 aliphatic heterocycles. The van der Waals surface area contributed by atoms with Gasteiger partial charge in [-0.15, -0.1) is 0 Å². The lowest BCUT2D eigenvalue weighted by Gasteiger charge is -2.03. The fourth-order valence-electron chi connectivity index (χ4n) is 2.46. The smallest absolute Gasteiger partial charge is 0.293 e. The van der Waals surface area contributed by atoms with Crippen LogP contribution >= 0.6 is 0 Å². The summed E-state index contributed by atoms with van der Waals surface area (Å²) in [6.07, 6.45) is 2.40. The highest BCUT2D eigenvalue weighted by Crippen LogP contribution is 2.41. The lowest BCUT2D eigenvalue weighted by atomic mass is 10.1. The molecule has 0 bridgehead atoms. The Morgan fingerprint density at radius 1 is 1.64 bits per heavy atom. The fraction of sp³-hybridized carbons (Fsp3) is 0.700. The quantitative estimate of drug-likeness (QED) is 0.665. The Morgan fingerprint density at radius 3 is 2.86 bits per heavy atom. The predicted octanol–water partition coefficient (Wildman–Crippen LogP) is -0.684. The van der Waals surface area contributed by atoms with Crippen LogP contribution in [-0.2, 0) is 13.5 Å². The van der Waals surface area contributed by atoms with Crippen molar-refractivity contribution < 1.29 is 0 Å². The van der Waals surface area contributed by atoms with Crippen LogP contribution in [0.5, 0.6) is 0 Å². The minimum absolute atomic E-state index is 0.706. The van der Waals surface area contributed by atoms with Gasteiger partial charge in [-0.1, -0.05) is 6.92 Å². The van der Waals surface area contributed by atoms with Crippen molar-refractivity contribution in [2.24, 2.45) is 7.05 Å². The molecule has 0 saturated heterocycles. The Bertz CT molecular complexity index is 345. The van der Waals surface area contributed by atoms with Crippen LogP contribution in [0, 0.1) is 0 Å². The summed E-state index contributed by atoms with van der Waals surface area (Å²) in [5, 5.41) is 7.92. The Hall–Kier alpha value is -0.298. The van der Waals surface area contributed by atoms with Gasteiger partial charge in [0, 0.05) is 24.7 Å². The van der Waals surface area contributed by atoms with E-state index in [1.807, 2.05) is 0 Å². The maximum atomic E-state index is 4.56. The molecule has 1 N–H and O–H groups in total. The molecule has 3 nitrogen and oxygen atoms in total. The van der Waals surface area contributed by atoms with Crippen molar-refractivity contribution in [1.82, 2.24) is 15.1 Å². The molecule has 1 aliphatic rings. The minimum atomic E-state index is 0.706. The Balaban J connectivity index is 2.32. The first-order valence-electron chi connectivity index (χ1n) is 5.38. The van der Waals surface area contributed by atoms with Gasteiger partial charge in [-0.05, 0) is 30.0 Å². The Morgan fingerprint density at radius 2 is 2.36 bits per heavy atom. The van der Waals surface area contributed by atoms with E-state index in [1.54, 1.807) is 5.56 Å². The minimum Gasteiger partial charge on any atom is -0.316 e. The number of nitrogens with one attached hydrogen (secondary N) is 1. The Kier molecular flexibility index (Phi) is 2.70. The molecule has 0 radical (unpaired) electrons. The standard InChI is InChI=1S/C10H16N3.Al.2H/c1-4-10-8(6-12-13(10)3)7-5-9(7)11-2;;;/h7,9,11H,4-5H2,1-3H3;;;. The summed E-state index contributed by atoms with van der Waals surface area (Å²) < 4.78 is 3.43. The molecule has 2 atom stereocenters. The van der Waals surface area contributed by atoms with Crippen LogP contribution in [0.15, 0.2) is 0 Å². The zero-order valence-corrected chi connectivity index (χ0v) is 11.5. The largest absolute Gasteiger partial charge is 0.316 e. The summed E-state index contributed by atoms with van der Waals surface area (Å²) in [7, 11) is 4.12. The summed E-state index contributed by atoms with van der Waals surface area (Å²) in [6, 6.07) is 0.706. The van der Waals surface area contributed by atoms with Gasteiger partial charge in [0.2, 0.25) is 0 Å². The first-order chi connectivity index (χ1) is 6.69. The van der Waals surface area contributed by atoms with Crippen molar-refractivity contribution in [2.45, 2.75) is 31.7 Å². The predicted molar refractivity (Wildman–Crippen MR) is 61.0 cm³/mol. The number of likely N-dealkylation sites (N-methyl/N-ethyl adjacent to an activating group) is 1. The molecule has 1 aliphatic carbocycles. The van der Waals surface area contributed by atoms with Gasteiger partial charge < -0.3 is 5.32 Å². The number of hydrogen-bond donors (Lipinski definition) is 1. The second-order valence-corrected chi connectivity index (χ2v) is 5.11. The third kappa shape index (κ3) is 1.52. The maximum Gasteiger partial charge on any atom is 0.293 e. The van der Waals surface area contributed by atoms with E-state index in [1.165, 1.54) is 16.7 Å². The number of hydrogen-bond acceptors (Lipinski definition) is 2. The zero-order chi connectivity index (χ0) is 10.3. The summed E-state index contributed by atoms with van der Waals surface area (Å²) in [6.45, 7) is 2.22. The molecular weight excluding hydrogens is 189 g/mol. The van der Waals surface area contributed by atoms with Crippen molar-refractivity contribution in [3.63, 3.8) is 0 Å². The van der Waals surface area contributed by atoms with Gasteiger partial charge in [0.15, 0.2) is 0 Å². The molecule has 0 spiro atoms. The maximum absolute atomic E-state index is 4.56. The van der Waals surface area contributed by atoms with Gasteiger partial charge in [-0.3, -0.25) is 4.68 Å². The van der Waals surface area contributed by atoms with Crippen LogP contribution in [0.4, 0.5) is 0 Å². The molecular formula is C10H18AlN3. The van der Waals surface area contributed by atoms with Gasteiger partial charge in [-0.25, -0.2) is 0 Å². The molecule has 1 aromatic heterocycles. The molecule has 1 aromatic rings. The SMILES string of the molecule is CCc1c(C2CC2NC)[c]([AlH2])nn1C. The fourth-order valence-corrected chi connectivity index (χ4v) is 3.42. The summed E-state index contributed by atoms with van der Waals surface area (Å²) in [4.78, 5) is 0. The highest BCUT2D eigenvalue weighted by Gasteiger charge is 2.40. The summed E-state index contributed by atoms with van der Waals surface area (Å²) >= 11 is 1.07. The second-order valence-electron chi connectivity index (χ2n) is 4.16. The van der Waals surface area contributed by atoms with E-state index in [4.69, 9.17) is 0 Å². The molecule has 76 valence electrons. The lowest BCUT2D eigenvalue weighted by Crippen LogP contribution is -2.15. The average molecular weight is 207 g/mol. The van der Waals surface area contributed by atoms with E-state index in [-0.39, 0.29) is 0 Å². The van der Waals surface area contributed by atoms with Crippen molar-refractivity contribution in [3.8, 4) is 0 Å². The molecule has 14 heavy (non-hydrogen) atoms. The van der Waals surface area contributed by atoms with E-state index in [0.29, 0.717) is 6.04 Å². The zero-order valence-electron chi connectivity index (χ0n) is 9.46. The molecule has 4 heteroatoms. The lowest BCUT2D eigenvalue weighted by molar-refractivity contribution is 0.714. The summed E-state index contributed by atoms with van der Waals surface area (Å²) in [5.41, 5.74) is 3.00. The molecule has 2 rings (SSSR count). The van der Waals surface area contributed by atoms with Crippen molar-refractivity contribution in [1.29, 1.82) is 0 Å². The van der Waals surface area contributed by atoms with Crippen molar-refractivity contribution >= 4 is 20.8 Å². The Labute approximate surface area is 93.3 Å². The van der Waals surface area contributed by atoms with Gasteiger partial charge in [0.05, 0.1) is 0 Å². The van der Waals surface area contributed by atoms with Gasteiger partial charge in [0.1, 0.15) is 0 Å². The highest BCUT2D eigenvalue weighted by atomic mass is 27.0. The van der Waals surface area contributed by atoms with Crippen LogP contribution in [0.25, 0.3) is 0 Å². The highest BCUT2D eigenvalue weighted by molar-refractivity contribution is 6.31. The number of aryl methyl sites for hydroxylation is 1. The van der Waals surface area contributed by atoms with E-state index in [2.05, 4.69) is 36.1 Å². The molecule has 1 fully saturated rings.